The number of nitrogen functional groups attached to an aromatic ring is 1. The lowest BCUT2D eigenvalue weighted by molar-refractivity contribution is -0.265. The molecule has 2 aliphatic rings. The van der Waals surface area contributed by atoms with Gasteiger partial charge < -0.3 is 34.2 Å². The van der Waals surface area contributed by atoms with Gasteiger partial charge in [-0.15, -0.1) is 0 Å². The Hall–Kier alpha value is -2.47. The number of nitrogens with zero attached hydrogens (tertiary/aromatic N) is 3. The van der Waals surface area contributed by atoms with E-state index >= 15 is 0 Å². The quantitative estimate of drug-likeness (QED) is 0.683. The largest absolute Gasteiger partial charge is 0.508 e. The van der Waals surface area contributed by atoms with Crippen LogP contribution < -0.4 is 5.73 Å². The van der Waals surface area contributed by atoms with Gasteiger partial charge in [0.05, 0.1) is 18.9 Å². The maximum Gasteiger partial charge on any atom is 0.508 e. The molecule has 0 unspecified atom stereocenters. The van der Waals surface area contributed by atoms with E-state index < -0.39 is 29.9 Å². The number of anilines is 1. The van der Waals surface area contributed by atoms with Crippen molar-refractivity contribution in [1.29, 1.82) is 0 Å². The number of aromatic nitrogens is 3. The zero-order chi connectivity index (χ0) is 21.5. The van der Waals surface area contributed by atoms with Gasteiger partial charge in [-0.1, -0.05) is 13.8 Å². The molecule has 0 amide bonds. The maximum atomic E-state index is 11.9. The molecule has 0 aliphatic carbocycles. The summed E-state index contributed by atoms with van der Waals surface area (Å²) < 4.78 is 35.5. The zero-order valence-electron chi connectivity index (χ0n) is 17.4. The molecular weight excluding hydrogens is 396 g/mol. The summed E-state index contributed by atoms with van der Waals surface area (Å²) in [5.41, 5.74) is 5.21. The molecule has 2 saturated heterocycles. The van der Waals surface area contributed by atoms with Gasteiger partial charge in [-0.25, -0.2) is 14.3 Å². The van der Waals surface area contributed by atoms with Crippen molar-refractivity contribution in [2.24, 2.45) is 5.92 Å². The Labute approximate surface area is 173 Å². The van der Waals surface area contributed by atoms with Crippen molar-refractivity contribution >= 4 is 17.5 Å². The van der Waals surface area contributed by atoms with Crippen LogP contribution in [0.4, 0.5) is 10.6 Å². The van der Waals surface area contributed by atoms with E-state index in [1.807, 2.05) is 19.9 Å². The fourth-order valence-electron chi connectivity index (χ4n) is 3.82. The third-order valence-corrected chi connectivity index (χ3v) is 5.27. The topological polar surface area (TPSA) is 129 Å². The van der Waals surface area contributed by atoms with Crippen LogP contribution in [0.15, 0.2) is 18.5 Å². The van der Waals surface area contributed by atoms with E-state index in [9.17, 15) is 4.79 Å². The van der Waals surface area contributed by atoms with Gasteiger partial charge in [0.2, 0.25) is 0 Å². The normalized spacial score (nSPS) is 30.7. The number of rotatable bonds is 6. The number of hydrogen-bond donors (Lipinski definition) is 1. The van der Waals surface area contributed by atoms with Crippen molar-refractivity contribution in [3.05, 3.63) is 24.2 Å². The molecule has 4 atom stereocenters. The molecule has 2 aliphatic heterocycles. The van der Waals surface area contributed by atoms with Crippen LogP contribution in [0.3, 0.4) is 0 Å². The van der Waals surface area contributed by atoms with Crippen LogP contribution in [-0.4, -0.2) is 65.9 Å². The van der Waals surface area contributed by atoms with E-state index in [2.05, 4.69) is 10.1 Å². The highest BCUT2D eigenvalue weighted by atomic mass is 16.9. The van der Waals surface area contributed by atoms with Crippen LogP contribution in [0.1, 0.15) is 26.5 Å². The number of methoxy groups -OCH3 is 1. The lowest BCUT2D eigenvalue weighted by Crippen LogP contribution is -2.48. The average Bonchev–Trinajstić information content (AvgIpc) is 3.38. The van der Waals surface area contributed by atoms with Gasteiger partial charge in [-0.3, -0.25) is 0 Å². The third-order valence-electron chi connectivity index (χ3n) is 5.27. The fraction of sp³-hybridized carbons (Fsp3) is 0.632. The SMILES string of the molecule is CO[C@@H]1O[C@@H]2[C@@](C)(COC(=O)OCC(C)C)OC[C@@]2(c2ccc3c(N)ncnn23)O1. The molecule has 0 radical (unpaired) electrons. The minimum Gasteiger partial charge on any atom is -0.434 e. The minimum atomic E-state index is -1.05. The molecule has 2 fully saturated rings. The molecule has 2 aromatic heterocycles. The van der Waals surface area contributed by atoms with Crippen molar-refractivity contribution < 1.29 is 33.2 Å². The smallest absolute Gasteiger partial charge is 0.434 e. The Morgan fingerprint density at radius 2 is 2.20 bits per heavy atom. The van der Waals surface area contributed by atoms with Gasteiger partial charge in [-0.2, -0.15) is 5.10 Å². The molecule has 2 N–H and O–H groups in total. The van der Waals surface area contributed by atoms with E-state index in [4.69, 9.17) is 34.2 Å². The summed E-state index contributed by atoms with van der Waals surface area (Å²) in [6, 6.07) is 3.64. The van der Waals surface area contributed by atoms with E-state index in [-0.39, 0.29) is 25.7 Å². The van der Waals surface area contributed by atoms with Crippen LogP contribution in [0.5, 0.6) is 0 Å². The molecule has 4 heterocycles. The second kappa shape index (κ2) is 7.65. The van der Waals surface area contributed by atoms with Crippen molar-refractivity contribution in [3.63, 3.8) is 0 Å². The monoisotopic (exact) mass is 422 g/mol. The highest BCUT2D eigenvalue weighted by molar-refractivity contribution is 5.65. The second-order valence-corrected chi connectivity index (χ2v) is 8.05. The molecule has 0 bridgehead atoms. The average molecular weight is 422 g/mol. The first-order chi connectivity index (χ1) is 14.3. The lowest BCUT2D eigenvalue weighted by atomic mass is 9.86. The summed E-state index contributed by atoms with van der Waals surface area (Å²) in [6.07, 6.45) is -0.0479. The van der Waals surface area contributed by atoms with Gasteiger partial charge in [0, 0.05) is 7.11 Å². The summed E-state index contributed by atoms with van der Waals surface area (Å²) >= 11 is 0. The molecule has 4 rings (SSSR count). The Kier molecular flexibility index (Phi) is 5.30. The summed E-state index contributed by atoms with van der Waals surface area (Å²) in [4.78, 5) is 16.0. The van der Waals surface area contributed by atoms with Crippen molar-refractivity contribution in [2.75, 3.05) is 32.7 Å². The standard InChI is InChI=1S/C19H26N4O7/c1-11(2)7-26-16(24)27-8-18(3)15-19(9-28-18,30-17(25-4)29-15)13-6-5-12-14(20)21-10-22-23(12)13/h5-6,10-11,15,17H,7-9H2,1-4H3,(H2,20,21,22)/t15-,17-,18-,19+/m1/s1. The number of nitrogens with two attached hydrogens (primary N) is 1. The highest BCUT2D eigenvalue weighted by Crippen LogP contribution is 2.50. The Balaban J connectivity index is 1.61. The number of carbonyl (C=O) groups excluding carboxylic acids is 1. The zero-order valence-corrected chi connectivity index (χ0v) is 17.4. The molecule has 2 aromatic rings. The van der Waals surface area contributed by atoms with Crippen LogP contribution in [0.2, 0.25) is 0 Å². The van der Waals surface area contributed by atoms with Gasteiger partial charge in [-0.05, 0) is 25.0 Å². The van der Waals surface area contributed by atoms with Crippen LogP contribution in [-0.2, 0) is 34.0 Å². The maximum absolute atomic E-state index is 11.9. The second-order valence-electron chi connectivity index (χ2n) is 8.05. The number of ether oxygens (including phenoxy) is 6. The fourth-order valence-corrected chi connectivity index (χ4v) is 3.82. The Morgan fingerprint density at radius 3 is 2.93 bits per heavy atom. The van der Waals surface area contributed by atoms with Crippen LogP contribution in [0.25, 0.3) is 5.52 Å². The third kappa shape index (κ3) is 3.37. The Morgan fingerprint density at radius 1 is 1.40 bits per heavy atom. The van der Waals surface area contributed by atoms with Crippen LogP contribution in [0, 0.1) is 5.92 Å². The van der Waals surface area contributed by atoms with Gasteiger partial charge in [0.25, 0.3) is 6.48 Å². The first-order valence-electron chi connectivity index (χ1n) is 9.67. The van der Waals surface area contributed by atoms with Gasteiger partial charge in [0.1, 0.15) is 30.2 Å². The molecule has 0 aromatic carbocycles. The Bertz CT molecular complexity index is 935. The minimum absolute atomic E-state index is 0.0867. The molecule has 11 heteroatoms. The van der Waals surface area contributed by atoms with Crippen molar-refractivity contribution in [3.8, 4) is 0 Å². The number of carbonyl (C=O) groups is 1. The van der Waals surface area contributed by atoms with Crippen LogP contribution >= 0.6 is 0 Å². The molecular formula is C19H26N4O7. The van der Waals surface area contributed by atoms with E-state index in [1.54, 1.807) is 17.5 Å². The van der Waals surface area contributed by atoms with Gasteiger partial charge in [0.15, 0.2) is 11.4 Å². The lowest BCUT2D eigenvalue weighted by Gasteiger charge is -2.30. The predicted octanol–water partition coefficient (Wildman–Crippen LogP) is 1.45. The van der Waals surface area contributed by atoms with E-state index in [1.165, 1.54) is 13.4 Å². The summed E-state index contributed by atoms with van der Waals surface area (Å²) in [6.45, 7) is 5.06. The summed E-state index contributed by atoms with van der Waals surface area (Å²) in [5.74, 6) is 0.541. The molecule has 11 nitrogen and oxygen atoms in total. The summed E-state index contributed by atoms with van der Waals surface area (Å²) in [7, 11) is 1.48. The first-order valence-corrected chi connectivity index (χ1v) is 9.67. The highest BCUT2D eigenvalue weighted by Gasteiger charge is 2.66. The van der Waals surface area contributed by atoms with Crippen molar-refractivity contribution in [2.45, 2.75) is 44.6 Å². The molecule has 30 heavy (non-hydrogen) atoms. The van der Waals surface area contributed by atoms with Crippen molar-refractivity contribution in [1.82, 2.24) is 14.6 Å². The van der Waals surface area contributed by atoms with E-state index in [0.717, 1.165) is 0 Å². The molecule has 164 valence electrons. The number of fused-ring (bicyclic) bond motifs is 2. The number of hydrogen-bond acceptors (Lipinski definition) is 10. The summed E-state index contributed by atoms with van der Waals surface area (Å²) in [5, 5.41) is 4.30. The first kappa shape index (κ1) is 20.8. The molecule has 0 spiro atoms. The van der Waals surface area contributed by atoms with Gasteiger partial charge >= 0.3 is 6.16 Å². The molecule has 0 saturated carbocycles. The van der Waals surface area contributed by atoms with E-state index in [0.29, 0.717) is 17.0 Å². The predicted molar refractivity (Wildman–Crippen MR) is 102 cm³/mol.